The maximum atomic E-state index is 13.1. The number of hydrogen-bond donors (Lipinski definition) is 1. The summed E-state index contributed by atoms with van der Waals surface area (Å²) in [6.07, 6.45) is 2.76. The van der Waals surface area contributed by atoms with Crippen LogP contribution >= 0.6 is 0 Å². The Kier molecular flexibility index (Phi) is 6.99. The summed E-state index contributed by atoms with van der Waals surface area (Å²) < 4.78 is 33.2. The quantitative estimate of drug-likeness (QED) is 0.537. The lowest BCUT2D eigenvalue weighted by molar-refractivity contribution is -0.117. The third-order valence-corrected chi connectivity index (χ3v) is 7.34. The van der Waals surface area contributed by atoms with Gasteiger partial charge in [0.25, 0.3) is 0 Å². The van der Waals surface area contributed by atoms with Crippen LogP contribution in [0, 0.1) is 6.92 Å². The zero-order chi connectivity index (χ0) is 23.3. The van der Waals surface area contributed by atoms with Crippen LogP contribution in [0.5, 0.6) is 5.75 Å². The number of carbonyl (C=O) groups is 1. The maximum Gasteiger partial charge on any atom is 0.248 e. The Morgan fingerprint density at radius 3 is 2.61 bits per heavy atom. The van der Waals surface area contributed by atoms with Crippen molar-refractivity contribution in [2.24, 2.45) is 0 Å². The van der Waals surface area contributed by atoms with Crippen LogP contribution < -0.4 is 10.1 Å². The lowest BCUT2D eigenvalue weighted by Crippen LogP contribution is -2.36. The molecular formula is C22H26N6O4S. The van der Waals surface area contributed by atoms with E-state index in [9.17, 15) is 13.2 Å². The van der Waals surface area contributed by atoms with Crippen LogP contribution in [0.4, 0.5) is 5.69 Å². The summed E-state index contributed by atoms with van der Waals surface area (Å²) in [4.78, 5) is 13.9. The molecule has 1 saturated heterocycles. The molecule has 1 amide bonds. The molecule has 174 valence electrons. The van der Waals surface area contributed by atoms with E-state index in [-0.39, 0.29) is 18.0 Å². The highest BCUT2D eigenvalue weighted by molar-refractivity contribution is 7.89. The molecule has 1 aromatic heterocycles. The first-order valence-corrected chi connectivity index (χ1v) is 12.2. The number of rotatable bonds is 8. The predicted octanol–water partition coefficient (Wildman–Crippen LogP) is 2.37. The Balaban J connectivity index is 1.38. The molecule has 33 heavy (non-hydrogen) atoms. The van der Waals surface area contributed by atoms with Gasteiger partial charge in [0, 0.05) is 18.8 Å². The minimum absolute atomic E-state index is 0.126. The van der Waals surface area contributed by atoms with Crippen LogP contribution in [0.3, 0.4) is 0 Å². The predicted molar refractivity (Wildman–Crippen MR) is 121 cm³/mol. The summed E-state index contributed by atoms with van der Waals surface area (Å²) in [5.74, 6) is 0.631. The second-order valence-electron chi connectivity index (χ2n) is 7.83. The number of piperidine rings is 1. The molecule has 0 atom stereocenters. The fourth-order valence-electron chi connectivity index (χ4n) is 3.59. The Labute approximate surface area is 192 Å². The fraction of sp³-hybridized carbons (Fsp3) is 0.364. The van der Waals surface area contributed by atoms with E-state index in [0.29, 0.717) is 35.9 Å². The van der Waals surface area contributed by atoms with Crippen LogP contribution in [0.1, 0.15) is 30.7 Å². The molecule has 10 nitrogen and oxygen atoms in total. The molecule has 0 spiro atoms. The van der Waals surface area contributed by atoms with Crippen molar-refractivity contribution in [3.8, 4) is 5.75 Å². The lowest BCUT2D eigenvalue weighted by Gasteiger charge is -2.26. The standard InChI is InChI=1S/C22H26N6O4S/c1-17-10-11-18(14-20(17)33(30,31)27-12-6-3-7-13-27)23-22(29)15-28-25-21(24-26-28)16-32-19-8-4-2-5-9-19/h2,4-5,8-11,14H,3,6-7,12-13,15-16H2,1H3,(H,23,29). The number of ether oxygens (including phenoxy) is 1. The van der Waals surface area contributed by atoms with Gasteiger partial charge in [-0.15, -0.1) is 10.2 Å². The van der Waals surface area contributed by atoms with Crippen molar-refractivity contribution in [2.45, 2.75) is 44.2 Å². The Morgan fingerprint density at radius 2 is 1.85 bits per heavy atom. The number of sulfonamides is 1. The molecule has 1 N–H and O–H groups in total. The summed E-state index contributed by atoms with van der Waals surface area (Å²) in [5.41, 5.74) is 1.04. The summed E-state index contributed by atoms with van der Waals surface area (Å²) >= 11 is 0. The van der Waals surface area contributed by atoms with E-state index in [1.165, 1.54) is 15.2 Å². The van der Waals surface area contributed by atoms with Gasteiger partial charge in [-0.1, -0.05) is 30.7 Å². The number of tetrazole rings is 1. The highest BCUT2D eigenvalue weighted by atomic mass is 32.2. The van der Waals surface area contributed by atoms with Crippen LogP contribution in [0.15, 0.2) is 53.4 Å². The molecule has 0 unspecified atom stereocenters. The van der Waals surface area contributed by atoms with E-state index in [4.69, 9.17) is 4.74 Å². The average molecular weight is 471 g/mol. The topological polar surface area (TPSA) is 119 Å². The highest BCUT2D eigenvalue weighted by Gasteiger charge is 2.27. The smallest absolute Gasteiger partial charge is 0.248 e. The fourth-order valence-corrected chi connectivity index (χ4v) is 5.36. The molecule has 0 aliphatic carbocycles. The van der Waals surface area contributed by atoms with Crippen LogP contribution in [-0.2, 0) is 28.0 Å². The summed E-state index contributed by atoms with van der Waals surface area (Å²) in [6.45, 7) is 2.75. The van der Waals surface area contributed by atoms with E-state index >= 15 is 0 Å². The average Bonchev–Trinajstić information content (AvgIpc) is 3.27. The van der Waals surface area contributed by atoms with Crippen molar-refractivity contribution in [1.82, 2.24) is 24.5 Å². The number of nitrogens with one attached hydrogen (secondary N) is 1. The van der Waals surface area contributed by atoms with Gasteiger partial charge in [0.2, 0.25) is 21.8 Å². The molecule has 0 saturated carbocycles. The number of para-hydroxylation sites is 1. The second-order valence-corrected chi connectivity index (χ2v) is 9.74. The monoisotopic (exact) mass is 470 g/mol. The van der Waals surface area contributed by atoms with Crippen molar-refractivity contribution < 1.29 is 17.9 Å². The third-order valence-electron chi connectivity index (χ3n) is 5.30. The normalized spacial score (nSPS) is 14.7. The Morgan fingerprint density at radius 1 is 1.09 bits per heavy atom. The number of amides is 1. The van der Waals surface area contributed by atoms with Crippen molar-refractivity contribution >= 4 is 21.6 Å². The lowest BCUT2D eigenvalue weighted by atomic mass is 10.2. The molecule has 11 heteroatoms. The van der Waals surface area contributed by atoms with Gasteiger partial charge < -0.3 is 10.1 Å². The van der Waals surface area contributed by atoms with Gasteiger partial charge in [-0.25, -0.2) is 8.42 Å². The second kappa shape index (κ2) is 10.1. The zero-order valence-electron chi connectivity index (χ0n) is 18.3. The van der Waals surface area contributed by atoms with Gasteiger partial charge in [-0.05, 0) is 54.8 Å². The van der Waals surface area contributed by atoms with Gasteiger partial charge in [-0.2, -0.15) is 9.10 Å². The van der Waals surface area contributed by atoms with Gasteiger partial charge in [0.1, 0.15) is 12.3 Å². The molecule has 2 aromatic carbocycles. The number of hydrogen-bond acceptors (Lipinski definition) is 7. The third kappa shape index (κ3) is 5.74. The molecule has 2 heterocycles. The summed E-state index contributed by atoms with van der Waals surface area (Å²) in [6, 6.07) is 14.1. The SMILES string of the molecule is Cc1ccc(NC(=O)Cn2nnc(COc3ccccc3)n2)cc1S(=O)(=O)N1CCCCC1. The van der Waals surface area contributed by atoms with Crippen molar-refractivity contribution in [3.05, 3.63) is 59.9 Å². The van der Waals surface area contributed by atoms with Crippen molar-refractivity contribution in [3.63, 3.8) is 0 Å². The van der Waals surface area contributed by atoms with Crippen molar-refractivity contribution in [1.29, 1.82) is 0 Å². The number of benzene rings is 2. The highest BCUT2D eigenvalue weighted by Crippen LogP contribution is 2.26. The minimum Gasteiger partial charge on any atom is -0.485 e. The number of nitrogens with zero attached hydrogens (tertiary/aromatic N) is 5. The van der Waals surface area contributed by atoms with Gasteiger partial charge in [-0.3, -0.25) is 4.79 Å². The first-order chi connectivity index (χ1) is 15.9. The molecular weight excluding hydrogens is 444 g/mol. The first kappa shape index (κ1) is 22.9. The van der Waals surface area contributed by atoms with Gasteiger partial charge >= 0.3 is 0 Å². The number of carbonyl (C=O) groups excluding carboxylic acids is 1. The Hall–Kier alpha value is -3.31. The van der Waals surface area contributed by atoms with E-state index < -0.39 is 15.9 Å². The largest absolute Gasteiger partial charge is 0.485 e. The molecule has 1 aliphatic rings. The maximum absolute atomic E-state index is 13.1. The van der Waals surface area contributed by atoms with E-state index in [1.54, 1.807) is 19.1 Å². The van der Waals surface area contributed by atoms with Crippen LogP contribution in [0.2, 0.25) is 0 Å². The van der Waals surface area contributed by atoms with E-state index in [0.717, 1.165) is 19.3 Å². The molecule has 1 fully saturated rings. The molecule has 0 radical (unpaired) electrons. The van der Waals surface area contributed by atoms with Crippen LogP contribution in [-0.4, -0.2) is 51.9 Å². The van der Waals surface area contributed by atoms with Crippen molar-refractivity contribution in [2.75, 3.05) is 18.4 Å². The molecule has 4 rings (SSSR count). The van der Waals surface area contributed by atoms with E-state index in [2.05, 4.69) is 20.7 Å². The number of aromatic nitrogens is 4. The van der Waals surface area contributed by atoms with E-state index in [1.807, 2.05) is 30.3 Å². The molecule has 1 aliphatic heterocycles. The summed E-state index contributed by atoms with van der Waals surface area (Å²) in [5, 5.41) is 14.6. The Bertz CT molecular complexity index is 1210. The number of aryl methyl sites for hydroxylation is 1. The number of anilines is 1. The zero-order valence-corrected chi connectivity index (χ0v) is 19.2. The van der Waals surface area contributed by atoms with Gasteiger partial charge in [0.05, 0.1) is 4.90 Å². The summed E-state index contributed by atoms with van der Waals surface area (Å²) in [7, 11) is -3.61. The first-order valence-electron chi connectivity index (χ1n) is 10.8. The minimum atomic E-state index is -3.61. The van der Waals surface area contributed by atoms with Gasteiger partial charge in [0.15, 0.2) is 6.61 Å². The van der Waals surface area contributed by atoms with Crippen LogP contribution in [0.25, 0.3) is 0 Å². The molecule has 3 aromatic rings. The molecule has 0 bridgehead atoms.